The third kappa shape index (κ3) is 3.17. The van der Waals surface area contributed by atoms with Crippen molar-refractivity contribution in [2.45, 2.75) is 19.4 Å². The van der Waals surface area contributed by atoms with Crippen LogP contribution in [0.15, 0.2) is 6.33 Å². The zero-order valence-corrected chi connectivity index (χ0v) is 12.1. The first kappa shape index (κ1) is 14.8. The fraction of sp³-hybridized carbons (Fsp3) is 0.636. The van der Waals surface area contributed by atoms with Gasteiger partial charge in [-0.15, -0.1) is 0 Å². The molecule has 0 bridgehead atoms. The van der Waals surface area contributed by atoms with Gasteiger partial charge in [0, 0.05) is 18.8 Å². The van der Waals surface area contributed by atoms with Crippen LogP contribution in [0.1, 0.15) is 13.3 Å². The van der Waals surface area contributed by atoms with Gasteiger partial charge in [0.15, 0.2) is 11.6 Å². The van der Waals surface area contributed by atoms with Crippen molar-refractivity contribution in [3.05, 3.63) is 6.33 Å². The van der Waals surface area contributed by atoms with Crippen LogP contribution < -0.4 is 20.9 Å². The summed E-state index contributed by atoms with van der Waals surface area (Å²) in [6.07, 6.45) is 4.62. The number of ether oxygens (including phenoxy) is 1. The van der Waals surface area contributed by atoms with Crippen LogP contribution in [0.4, 0.5) is 11.6 Å². The van der Waals surface area contributed by atoms with Crippen LogP contribution in [0.3, 0.4) is 0 Å². The third-order valence-electron chi connectivity index (χ3n) is 2.84. The van der Waals surface area contributed by atoms with Crippen LogP contribution in [-0.2, 0) is 0 Å². The van der Waals surface area contributed by atoms with Gasteiger partial charge in [0.25, 0.3) is 0 Å². The molecule has 0 spiro atoms. The second-order valence-electron chi connectivity index (χ2n) is 3.85. The normalized spacial score (nSPS) is 12.1. The van der Waals surface area contributed by atoms with Crippen LogP contribution in [-0.4, -0.2) is 42.2 Å². The maximum absolute atomic E-state index is 5.42. The van der Waals surface area contributed by atoms with Gasteiger partial charge in [0.1, 0.15) is 6.33 Å². The SMILES string of the molecule is CCC(CSC)N(C)c1ncnc(NN)c1OC. The first-order valence-corrected chi connectivity index (χ1v) is 7.16. The topological polar surface area (TPSA) is 76.3 Å². The molecule has 1 heterocycles. The van der Waals surface area contributed by atoms with E-state index in [1.807, 2.05) is 18.8 Å². The second kappa shape index (κ2) is 7.27. The van der Waals surface area contributed by atoms with E-state index in [2.05, 4.69) is 33.5 Å². The Morgan fingerprint density at radius 1 is 1.56 bits per heavy atom. The molecule has 1 atom stereocenters. The molecule has 6 nitrogen and oxygen atoms in total. The summed E-state index contributed by atoms with van der Waals surface area (Å²) in [5.41, 5.74) is 2.52. The van der Waals surface area contributed by atoms with Gasteiger partial charge in [-0.2, -0.15) is 11.8 Å². The maximum atomic E-state index is 5.42. The van der Waals surface area contributed by atoms with Crippen molar-refractivity contribution in [1.29, 1.82) is 0 Å². The van der Waals surface area contributed by atoms with Crippen molar-refractivity contribution in [1.82, 2.24) is 9.97 Å². The molecule has 0 aliphatic carbocycles. The minimum Gasteiger partial charge on any atom is -0.490 e. The van der Waals surface area contributed by atoms with E-state index in [-0.39, 0.29) is 0 Å². The molecular weight excluding hydrogens is 250 g/mol. The van der Waals surface area contributed by atoms with Gasteiger partial charge in [0.2, 0.25) is 5.75 Å². The molecule has 102 valence electrons. The lowest BCUT2D eigenvalue weighted by atomic mass is 10.2. The van der Waals surface area contributed by atoms with E-state index in [0.717, 1.165) is 18.0 Å². The molecule has 1 aromatic heterocycles. The fourth-order valence-corrected chi connectivity index (χ4v) is 2.62. The van der Waals surface area contributed by atoms with Gasteiger partial charge in [-0.3, -0.25) is 0 Å². The molecule has 0 fully saturated rings. The molecule has 7 heteroatoms. The number of nitrogens with zero attached hydrogens (tertiary/aromatic N) is 3. The van der Waals surface area contributed by atoms with Crippen LogP contribution in [0.25, 0.3) is 0 Å². The summed E-state index contributed by atoms with van der Waals surface area (Å²) in [4.78, 5) is 10.4. The quantitative estimate of drug-likeness (QED) is 0.572. The molecule has 0 saturated carbocycles. The largest absolute Gasteiger partial charge is 0.490 e. The first-order valence-electron chi connectivity index (χ1n) is 5.76. The van der Waals surface area contributed by atoms with E-state index in [9.17, 15) is 0 Å². The number of aromatic nitrogens is 2. The molecule has 1 rings (SSSR count). The predicted octanol–water partition coefficient (Wildman–Crippen LogP) is 1.35. The monoisotopic (exact) mass is 271 g/mol. The summed E-state index contributed by atoms with van der Waals surface area (Å²) in [6, 6.07) is 0.398. The van der Waals surface area contributed by atoms with Gasteiger partial charge in [-0.05, 0) is 12.7 Å². The van der Waals surface area contributed by atoms with E-state index < -0.39 is 0 Å². The van der Waals surface area contributed by atoms with E-state index in [4.69, 9.17) is 10.6 Å². The van der Waals surface area contributed by atoms with Gasteiger partial charge < -0.3 is 15.1 Å². The highest BCUT2D eigenvalue weighted by molar-refractivity contribution is 7.98. The Morgan fingerprint density at radius 2 is 2.28 bits per heavy atom. The highest BCUT2D eigenvalue weighted by Crippen LogP contribution is 2.32. The van der Waals surface area contributed by atoms with Crippen LogP contribution in [0.5, 0.6) is 5.75 Å². The minimum atomic E-state index is 0.398. The summed E-state index contributed by atoms with van der Waals surface area (Å²) in [6.45, 7) is 2.16. The minimum absolute atomic E-state index is 0.398. The molecule has 1 aromatic rings. The summed E-state index contributed by atoms with van der Waals surface area (Å²) in [5, 5.41) is 0. The van der Waals surface area contributed by atoms with E-state index in [0.29, 0.717) is 17.6 Å². The lowest BCUT2D eigenvalue weighted by Gasteiger charge is -2.29. The average molecular weight is 271 g/mol. The molecule has 0 amide bonds. The second-order valence-corrected chi connectivity index (χ2v) is 4.76. The number of anilines is 2. The van der Waals surface area contributed by atoms with Crippen molar-refractivity contribution in [3.8, 4) is 5.75 Å². The number of nitrogens with two attached hydrogens (primary N) is 1. The van der Waals surface area contributed by atoms with Crippen molar-refractivity contribution in [2.24, 2.45) is 5.84 Å². The third-order valence-corrected chi connectivity index (χ3v) is 3.56. The van der Waals surface area contributed by atoms with E-state index >= 15 is 0 Å². The summed E-state index contributed by atoms with van der Waals surface area (Å²) < 4.78 is 5.35. The van der Waals surface area contributed by atoms with Crippen LogP contribution in [0, 0.1) is 0 Å². The maximum Gasteiger partial charge on any atom is 0.205 e. The van der Waals surface area contributed by atoms with Gasteiger partial charge in [0.05, 0.1) is 7.11 Å². The highest BCUT2D eigenvalue weighted by atomic mass is 32.2. The standard InChI is InChI=1S/C11H21N5OS/c1-5-8(6-18-4)16(2)11-9(17-3)10(15-12)13-7-14-11/h7-8H,5-6,12H2,1-4H3,(H,13,14,15). The Hall–Kier alpha value is -1.21. The number of nitrogens with one attached hydrogen (secondary N) is 1. The van der Waals surface area contributed by atoms with E-state index in [1.54, 1.807) is 7.11 Å². The zero-order valence-electron chi connectivity index (χ0n) is 11.3. The number of hydrogen-bond acceptors (Lipinski definition) is 7. The number of rotatable bonds is 7. The highest BCUT2D eigenvalue weighted by Gasteiger charge is 2.20. The van der Waals surface area contributed by atoms with Crippen molar-refractivity contribution in [3.63, 3.8) is 0 Å². The lowest BCUT2D eigenvalue weighted by Crippen LogP contribution is -2.34. The van der Waals surface area contributed by atoms with Gasteiger partial charge >= 0.3 is 0 Å². The Balaban J connectivity index is 3.07. The molecule has 1 unspecified atom stereocenters. The molecule has 0 radical (unpaired) electrons. The number of methoxy groups -OCH3 is 1. The Bertz CT molecular complexity index is 376. The molecule has 18 heavy (non-hydrogen) atoms. The fourth-order valence-electron chi connectivity index (χ4n) is 1.78. The molecular formula is C11H21N5OS. The van der Waals surface area contributed by atoms with E-state index in [1.165, 1.54) is 6.33 Å². The zero-order chi connectivity index (χ0) is 13.5. The summed E-state index contributed by atoms with van der Waals surface area (Å²) in [7, 11) is 3.60. The molecule has 0 saturated heterocycles. The number of nitrogen functional groups attached to an aromatic ring is 1. The van der Waals surface area contributed by atoms with Crippen molar-refractivity contribution < 1.29 is 4.74 Å². The molecule has 0 aliphatic rings. The van der Waals surface area contributed by atoms with Gasteiger partial charge in [-0.1, -0.05) is 6.92 Å². The van der Waals surface area contributed by atoms with Crippen LogP contribution in [0.2, 0.25) is 0 Å². The Kier molecular flexibility index (Phi) is 6.00. The number of hydrazine groups is 1. The first-order chi connectivity index (χ1) is 8.69. The molecule has 3 N–H and O–H groups in total. The smallest absolute Gasteiger partial charge is 0.205 e. The van der Waals surface area contributed by atoms with Gasteiger partial charge in [-0.25, -0.2) is 15.8 Å². The average Bonchev–Trinajstić information content (AvgIpc) is 2.42. The summed E-state index contributed by atoms with van der Waals surface area (Å²) >= 11 is 1.81. The van der Waals surface area contributed by atoms with Crippen molar-refractivity contribution in [2.75, 3.05) is 36.5 Å². The predicted molar refractivity (Wildman–Crippen MR) is 77.3 cm³/mol. The summed E-state index contributed by atoms with van der Waals surface area (Å²) in [5.74, 6) is 8.27. The number of thioether (sulfide) groups is 1. The molecule has 0 aliphatic heterocycles. The van der Waals surface area contributed by atoms with Crippen LogP contribution >= 0.6 is 11.8 Å². The molecule has 0 aromatic carbocycles. The number of hydrogen-bond donors (Lipinski definition) is 2. The Morgan fingerprint density at radius 3 is 2.78 bits per heavy atom. The Labute approximate surface area is 112 Å². The van der Waals surface area contributed by atoms with Crippen molar-refractivity contribution >= 4 is 23.4 Å². The lowest BCUT2D eigenvalue weighted by molar-refractivity contribution is 0.411.